The maximum atomic E-state index is 12.8. The molecule has 0 saturated carbocycles. The number of benzene rings is 2. The Labute approximate surface area is 169 Å². The normalized spacial score (nSPS) is 13.6. The summed E-state index contributed by atoms with van der Waals surface area (Å²) in [7, 11) is 1.61. The lowest BCUT2D eigenvalue weighted by atomic mass is 10.1. The van der Waals surface area contributed by atoms with E-state index in [2.05, 4.69) is 5.10 Å². The van der Waals surface area contributed by atoms with Crippen LogP contribution < -0.4 is 10.4 Å². The predicted molar refractivity (Wildman–Crippen MR) is 109 cm³/mol. The fraction of sp³-hybridized carbons (Fsp3) is 0.318. The minimum absolute atomic E-state index is 0.0496. The Hall–Kier alpha value is -3.35. The van der Waals surface area contributed by atoms with Crippen molar-refractivity contribution in [2.24, 2.45) is 0 Å². The first-order valence-corrected chi connectivity index (χ1v) is 9.75. The number of aromatic nitrogens is 3. The van der Waals surface area contributed by atoms with Gasteiger partial charge in [0.05, 0.1) is 20.1 Å². The van der Waals surface area contributed by atoms with Crippen LogP contribution in [0, 0.1) is 0 Å². The number of nitrogens with zero attached hydrogens (tertiary/aromatic N) is 4. The first-order chi connectivity index (χ1) is 14.1. The molecule has 2 heterocycles. The van der Waals surface area contributed by atoms with Gasteiger partial charge in [-0.2, -0.15) is 5.10 Å². The van der Waals surface area contributed by atoms with Crippen molar-refractivity contribution in [2.45, 2.75) is 25.9 Å². The summed E-state index contributed by atoms with van der Waals surface area (Å²) in [5.74, 6) is 1.53. The minimum atomic E-state index is -0.119. The second-order valence-electron chi connectivity index (χ2n) is 7.15. The fourth-order valence-corrected chi connectivity index (χ4v) is 3.64. The Balaban J connectivity index is 1.43. The van der Waals surface area contributed by atoms with Crippen molar-refractivity contribution in [3.8, 4) is 5.75 Å². The van der Waals surface area contributed by atoms with E-state index in [0.717, 1.165) is 22.7 Å². The summed E-state index contributed by atoms with van der Waals surface area (Å²) in [6.07, 6.45) is 0.888. The van der Waals surface area contributed by atoms with Gasteiger partial charge in [0.15, 0.2) is 0 Å². The first kappa shape index (κ1) is 19.0. The van der Waals surface area contributed by atoms with Crippen molar-refractivity contribution in [3.05, 3.63) is 82.0 Å². The molecule has 0 spiro atoms. The molecule has 1 aliphatic heterocycles. The van der Waals surface area contributed by atoms with Crippen molar-refractivity contribution in [2.75, 3.05) is 20.2 Å². The van der Waals surface area contributed by atoms with Gasteiger partial charge in [-0.15, -0.1) is 0 Å². The lowest BCUT2D eigenvalue weighted by Crippen LogP contribution is -2.36. The molecule has 0 radical (unpaired) electrons. The summed E-state index contributed by atoms with van der Waals surface area (Å²) < 4.78 is 8.44. The Kier molecular flexibility index (Phi) is 5.46. The number of ether oxygens (including phenoxy) is 1. The molecule has 0 unspecified atom stereocenters. The van der Waals surface area contributed by atoms with Gasteiger partial charge in [0, 0.05) is 26.1 Å². The van der Waals surface area contributed by atoms with Crippen molar-refractivity contribution < 1.29 is 9.53 Å². The molecule has 1 amide bonds. The molecule has 0 atom stereocenters. The molecule has 4 rings (SSSR count). The molecule has 0 saturated heterocycles. The largest absolute Gasteiger partial charge is 0.497 e. The van der Waals surface area contributed by atoms with Gasteiger partial charge in [-0.25, -0.2) is 9.48 Å². The van der Waals surface area contributed by atoms with Gasteiger partial charge in [0.25, 0.3) is 0 Å². The standard InChI is InChI=1S/C22H24N4O3/c1-29-19-9-5-8-18(14-19)15-21(27)24-11-10-20-23-26(22(28)25(20)13-12-24)16-17-6-3-2-4-7-17/h2-9,14H,10-13,15-16H2,1H3. The molecule has 1 aromatic heterocycles. The average Bonchev–Trinajstić information content (AvgIpc) is 2.91. The van der Waals surface area contributed by atoms with Gasteiger partial charge in [0.2, 0.25) is 5.91 Å². The molecule has 0 aliphatic carbocycles. The van der Waals surface area contributed by atoms with Crippen LogP contribution in [0.5, 0.6) is 5.75 Å². The van der Waals surface area contributed by atoms with E-state index in [4.69, 9.17) is 4.74 Å². The van der Waals surface area contributed by atoms with Crippen molar-refractivity contribution in [1.82, 2.24) is 19.2 Å². The topological polar surface area (TPSA) is 69.4 Å². The number of rotatable bonds is 5. The highest BCUT2D eigenvalue weighted by molar-refractivity contribution is 5.79. The van der Waals surface area contributed by atoms with Crippen LogP contribution >= 0.6 is 0 Å². The predicted octanol–water partition coefficient (Wildman–Crippen LogP) is 1.73. The summed E-state index contributed by atoms with van der Waals surface area (Å²) in [5.41, 5.74) is 1.84. The molecule has 0 N–H and O–H groups in total. The summed E-state index contributed by atoms with van der Waals surface area (Å²) in [6, 6.07) is 17.4. The lowest BCUT2D eigenvalue weighted by molar-refractivity contribution is -0.130. The maximum Gasteiger partial charge on any atom is 0.346 e. The van der Waals surface area contributed by atoms with E-state index >= 15 is 0 Å². The van der Waals surface area contributed by atoms with Crippen LogP contribution in [0.1, 0.15) is 17.0 Å². The summed E-state index contributed by atoms with van der Waals surface area (Å²) in [5, 5.41) is 4.52. The van der Waals surface area contributed by atoms with Crippen molar-refractivity contribution >= 4 is 5.91 Å². The Morgan fingerprint density at radius 1 is 1.03 bits per heavy atom. The third-order valence-electron chi connectivity index (χ3n) is 5.22. The van der Waals surface area contributed by atoms with Gasteiger partial charge < -0.3 is 9.64 Å². The van der Waals surface area contributed by atoms with E-state index in [1.54, 1.807) is 11.7 Å². The highest BCUT2D eigenvalue weighted by atomic mass is 16.5. The molecular weight excluding hydrogens is 368 g/mol. The molecule has 0 fully saturated rings. The van der Waals surface area contributed by atoms with Gasteiger partial charge in [0.1, 0.15) is 11.6 Å². The van der Waals surface area contributed by atoms with E-state index in [1.807, 2.05) is 59.5 Å². The molecule has 1 aliphatic rings. The molecule has 150 valence electrons. The van der Waals surface area contributed by atoms with E-state index < -0.39 is 0 Å². The quantitative estimate of drug-likeness (QED) is 0.663. The van der Waals surface area contributed by atoms with Crippen LogP contribution in [0.4, 0.5) is 0 Å². The minimum Gasteiger partial charge on any atom is -0.497 e. The number of carbonyl (C=O) groups is 1. The molecule has 29 heavy (non-hydrogen) atoms. The van der Waals surface area contributed by atoms with Crippen LogP contribution in [-0.2, 0) is 30.7 Å². The zero-order valence-electron chi connectivity index (χ0n) is 16.5. The third kappa shape index (κ3) is 4.23. The van der Waals surface area contributed by atoms with Crippen molar-refractivity contribution in [3.63, 3.8) is 0 Å². The molecular formula is C22H24N4O3. The summed E-state index contributed by atoms with van der Waals surface area (Å²) in [6.45, 7) is 1.99. The molecule has 3 aromatic rings. The number of carbonyl (C=O) groups excluding carboxylic acids is 1. The third-order valence-corrected chi connectivity index (χ3v) is 5.22. The molecule has 2 aromatic carbocycles. The first-order valence-electron chi connectivity index (χ1n) is 9.75. The van der Waals surface area contributed by atoms with Crippen LogP contribution in [0.3, 0.4) is 0 Å². The Morgan fingerprint density at radius 2 is 1.83 bits per heavy atom. The smallest absolute Gasteiger partial charge is 0.346 e. The second-order valence-corrected chi connectivity index (χ2v) is 7.15. The Bertz CT molecular complexity index is 1060. The SMILES string of the molecule is COc1cccc(CC(=O)N2CCc3nn(Cc4ccccc4)c(=O)n3CC2)c1. The maximum absolute atomic E-state index is 12.8. The van der Waals surface area contributed by atoms with E-state index in [9.17, 15) is 9.59 Å². The monoisotopic (exact) mass is 392 g/mol. The fourth-order valence-electron chi connectivity index (χ4n) is 3.64. The molecule has 7 nitrogen and oxygen atoms in total. The molecule has 0 bridgehead atoms. The number of amides is 1. The zero-order chi connectivity index (χ0) is 20.2. The van der Waals surface area contributed by atoms with Crippen LogP contribution in [-0.4, -0.2) is 45.4 Å². The van der Waals surface area contributed by atoms with Gasteiger partial charge >= 0.3 is 5.69 Å². The van der Waals surface area contributed by atoms with E-state index in [-0.39, 0.29) is 11.6 Å². The van der Waals surface area contributed by atoms with Crippen LogP contribution in [0.2, 0.25) is 0 Å². The van der Waals surface area contributed by atoms with Gasteiger partial charge in [-0.1, -0.05) is 42.5 Å². The van der Waals surface area contributed by atoms with Gasteiger partial charge in [-0.05, 0) is 23.3 Å². The van der Waals surface area contributed by atoms with Crippen LogP contribution in [0.15, 0.2) is 59.4 Å². The summed E-state index contributed by atoms with van der Waals surface area (Å²) >= 11 is 0. The lowest BCUT2D eigenvalue weighted by Gasteiger charge is -2.20. The zero-order valence-corrected chi connectivity index (χ0v) is 16.5. The second kappa shape index (κ2) is 8.34. The summed E-state index contributed by atoms with van der Waals surface area (Å²) in [4.78, 5) is 27.3. The van der Waals surface area contributed by atoms with Gasteiger partial charge in [-0.3, -0.25) is 9.36 Å². The highest BCUT2D eigenvalue weighted by Crippen LogP contribution is 2.14. The van der Waals surface area contributed by atoms with E-state index in [0.29, 0.717) is 39.0 Å². The van der Waals surface area contributed by atoms with Crippen LogP contribution in [0.25, 0.3) is 0 Å². The number of hydrogen-bond donors (Lipinski definition) is 0. The highest BCUT2D eigenvalue weighted by Gasteiger charge is 2.22. The Morgan fingerprint density at radius 3 is 2.62 bits per heavy atom. The average molecular weight is 392 g/mol. The number of methoxy groups -OCH3 is 1. The number of hydrogen-bond acceptors (Lipinski definition) is 4. The van der Waals surface area contributed by atoms with Crippen molar-refractivity contribution in [1.29, 1.82) is 0 Å². The number of fused-ring (bicyclic) bond motifs is 1. The van der Waals surface area contributed by atoms with E-state index in [1.165, 1.54) is 4.68 Å². The molecule has 7 heteroatoms.